The van der Waals surface area contributed by atoms with Gasteiger partial charge in [-0.1, -0.05) is 28.1 Å². The van der Waals surface area contributed by atoms with E-state index in [4.69, 9.17) is 11.6 Å². The Bertz CT molecular complexity index is 728. The zero-order chi connectivity index (χ0) is 15.6. The maximum absolute atomic E-state index is 12.6. The third kappa shape index (κ3) is 3.48. The van der Waals surface area contributed by atoms with E-state index < -0.39 is 10.0 Å². The van der Waals surface area contributed by atoms with Gasteiger partial charge in [0, 0.05) is 29.3 Å². The Morgan fingerprint density at radius 2 is 1.95 bits per heavy atom. The summed E-state index contributed by atoms with van der Waals surface area (Å²) >= 11 is 9.17. The molecule has 114 valence electrons. The third-order valence-corrected chi connectivity index (χ3v) is 5.71. The standard InChI is InChI=1S/C13H15BrClN3O2S/c1-9-12(7-15)13(17-16-9)21(19,20)18(2)8-10-3-5-11(14)6-4-10/h3-6H,7-8H2,1-2H3,(H,16,17). The van der Waals surface area contributed by atoms with E-state index in [9.17, 15) is 8.42 Å². The maximum atomic E-state index is 12.6. The fourth-order valence-corrected chi connectivity index (χ4v) is 3.86. The quantitative estimate of drug-likeness (QED) is 0.795. The number of nitrogens with one attached hydrogen (secondary N) is 1. The van der Waals surface area contributed by atoms with Gasteiger partial charge in [-0.2, -0.15) is 9.40 Å². The third-order valence-electron chi connectivity index (χ3n) is 3.14. The molecule has 0 atom stereocenters. The monoisotopic (exact) mass is 391 g/mol. The predicted molar refractivity (Wildman–Crippen MR) is 85.7 cm³/mol. The lowest BCUT2D eigenvalue weighted by Crippen LogP contribution is -2.27. The minimum Gasteiger partial charge on any atom is -0.281 e. The van der Waals surface area contributed by atoms with Crippen molar-refractivity contribution < 1.29 is 8.42 Å². The Hall–Kier alpha value is -0.890. The molecule has 5 nitrogen and oxygen atoms in total. The number of alkyl halides is 1. The van der Waals surface area contributed by atoms with Crippen LogP contribution >= 0.6 is 27.5 Å². The summed E-state index contributed by atoms with van der Waals surface area (Å²) in [6, 6.07) is 7.49. The lowest BCUT2D eigenvalue weighted by molar-refractivity contribution is 0.463. The van der Waals surface area contributed by atoms with Gasteiger partial charge in [0.05, 0.1) is 5.88 Å². The number of hydrogen-bond donors (Lipinski definition) is 1. The number of aromatic nitrogens is 2. The summed E-state index contributed by atoms with van der Waals surface area (Å²) in [6.07, 6.45) is 0. The normalized spacial score (nSPS) is 12.0. The van der Waals surface area contributed by atoms with Crippen molar-refractivity contribution in [1.29, 1.82) is 0 Å². The topological polar surface area (TPSA) is 66.1 Å². The number of H-pyrrole nitrogens is 1. The molecule has 0 unspecified atom stereocenters. The van der Waals surface area contributed by atoms with Gasteiger partial charge in [0.15, 0.2) is 5.03 Å². The molecule has 0 bridgehead atoms. The molecule has 2 aromatic rings. The van der Waals surface area contributed by atoms with Gasteiger partial charge in [0.25, 0.3) is 10.0 Å². The molecule has 0 aliphatic carbocycles. The van der Waals surface area contributed by atoms with Crippen molar-refractivity contribution >= 4 is 37.6 Å². The molecule has 1 aromatic heterocycles. The van der Waals surface area contributed by atoms with Crippen LogP contribution in [0.3, 0.4) is 0 Å². The van der Waals surface area contributed by atoms with E-state index in [-0.39, 0.29) is 17.5 Å². The van der Waals surface area contributed by atoms with Crippen molar-refractivity contribution in [2.75, 3.05) is 7.05 Å². The van der Waals surface area contributed by atoms with Gasteiger partial charge >= 0.3 is 0 Å². The van der Waals surface area contributed by atoms with Crippen LogP contribution in [0.15, 0.2) is 33.8 Å². The Balaban J connectivity index is 2.28. The minimum atomic E-state index is -3.67. The smallest absolute Gasteiger partial charge is 0.262 e. The van der Waals surface area contributed by atoms with Gasteiger partial charge in [-0.3, -0.25) is 5.10 Å². The highest BCUT2D eigenvalue weighted by Gasteiger charge is 2.27. The molecule has 0 saturated heterocycles. The lowest BCUT2D eigenvalue weighted by atomic mass is 10.2. The van der Waals surface area contributed by atoms with Gasteiger partial charge in [0.2, 0.25) is 0 Å². The van der Waals surface area contributed by atoms with Crippen molar-refractivity contribution in [2.24, 2.45) is 0 Å². The molecule has 1 heterocycles. The van der Waals surface area contributed by atoms with Crippen molar-refractivity contribution in [1.82, 2.24) is 14.5 Å². The second-order valence-corrected chi connectivity index (χ2v) is 7.80. The van der Waals surface area contributed by atoms with E-state index in [1.165, 1.54) is 11.4 Å². The van der Waals surface area contributed by atoms with Gasteiger partial charge in [-0.25, -0.2) is 8.42 Å². The van der Waals surface area contributed by atoms with Crippen LogP contribution in [0.4, 0.5) is 0 Å². The van der Waals surface area contributed by atoms with Gasteiger partial charge in [-0.05, 0) is 24.6 Å². The molecule has 1 N–H and O–H groups in total. The second kappa shape index (κ2) is 6.48. The van der Waals surface area contributed by atoms with Crippen LogP contribution in [-0.2, 0) is 22.4 Å². The highest BCUT2D eigenvalue weighted by Crippen LogP contribution is 2.22. The average Bonchev–Trinajstić information content (AvgIpc) is 2.82. The van der Waals surface area contributed by atoms with E-state index >= 15 is 0 Å². The summed E-state index contributed by atoms with van der Waals surface area (Å²) in [5, 5.41) is 6.56. The Labute approximate surface area is 137 Å². The molecule has 0 spiro atoms. The van der Waals surface area contributed by atoms with E-state index in [2.05, 4.69) is 26.1 Å². The second-order valence-electron chi connectivity index (χ2n) is 4.65. The van der Waals surface area contributed by atoms with Gasteiger partial charge in [-0.15, -0.1) is 11.6 Å². The van der Waals surface area contributed by atoms with Crippen LogP contribution in [0.5, 0.6) is 0 Å². The van der Waals surface area contributed by atoms with Crippen LogP contribution in [0, 0.1) is 6.92 Å². The summed E-state index contributed by atoms with van der Waals surface area (Å²) in [7, 11) is -2.15. The summed E-state index contributed by atoms with van der Waals surface area (Å²) in [6.45, 7) is 2.02. The first kappa shape index (κ1) is 16.5. The van der Waals surface area contributed by atoms with Gasteiger partial charge < -0.3 is 0 Å². The number of rotatable bonds is 5. The number of aromatic amines is 1. The van der Waals surface area contributed by atoms with Crippen molar-refractivity contribution in [2.45, 2.75) is 24.4 Å². The SMILES string of the molecule is Cc1[nH]nc(S(=O)(=O)N(C)Cc2ccc(Br)cc2)c1CCl. The molecular formula is C13H15BrClN3O2S. The maximum Gasteiger partial charge on any atom is 0.262 e. The molecule has 0 fully saturated rings. The number of aryl methyl sites for hydroxylation is 1. The van der Waals surface area contributed by atoms with E-state index in [1.54, 1.807) is 6.92 Å². The highest BCUT2D eigenvalue weighted by molar-refractivity contribution is 9.10. The predicted octanol–water partition coefficient (Wildman–Crippen LogP) is 3.04. The molecule has 21 heavy (non-hydrogen) atoms. The number of halogens is 2. The zero-order valence-corrected chi connectivity index (χ0v) is 14.8. The Kier molecular flexibility index (Phi) is 5.08. The van der Waals surface area contributed by atoms with E-state index in [0.717, 1.165) is 10.0 Å². The zero-order valence-electron chi connectivity index (χ0n) is 11.6. The molecule has 0 amide bonds. The van der Waals surface area contributed by atoms with Crippen LogP contribution in [0.1, 0.15) is 16.8 Å². The molecule has 1 aromatic carbocycles. The van der Waals surface area contributed by atoms with E-state index in [1.807, 2.05) is 24.3 Å². The first-order valence-corrected chi connectivity index (χ1v) is 8.93. The summed E-state index contributed by atoms with van der Waals surface area (Å²) in [5.41, 5.74) is 2.07. The first-order valence-electron chi connectivity index (χ1n) is 6.17. The van der Waals surface area contributed by atoms with Crippen molar-refractivity contribution in [3.8, 4) is 0 Å². The van der Waals surface area contributed by atoms with Gasteiger partial charge in [0.1, 0.15) is 0 Å². The van der Waals surface area contributed by atoms with Crippen LogP contribution in [0.25, 0.3) is 0 Å². The molecule has 0 aliphatic rings. The molecule has 2 rings (SSSR count). The molecular weight excluding hydrogens is 378 g/mol. The number of nitrogens with zero attached hydrogens (tertiary/aromatic N) is 2. The molecule has 0 aliphatic heterocycles. The van der Waals surface area contributed by atoms with E-state index in [0.29, 0.717) is 11.3 Å². The molecule has 0 saturated carbocycles. The van der Waals surface area contributed by atoms with Crippen LogP contribution in [-0.4, -0.2) is 30.0 Å². The van der Waals surface area contributed by atoms with Crippen LogP contribution in [0.2, 0.25) is 0 Å². The summed E-state index contributed by atoms with van der Waals surface area (Å²) < 4.78 is 27.4. The van der Waals surface area contributed by atoms with Crippen molar-refractivity contribution in [3.63, 3.8) is 0 Å². The lowest BCUT2D eigenvalue weighted by Gasteiger charge is -2.16. The minimum absolute atomic E-state index is 0.00499. The fraction of sp³-hybridized carbons (Fsp3) is 0.308. The number of sulfonamides is 1. The van der Waals surface area contributed by atoms with Crippen molar-refractivity contribution in [3.05, 3.63) is 45.6 Å². The Morgan fingerprint density at radius 3 is 2.52 bits per heavy atom. The Morgan fingerprint density at radius 1 is 1.33 bits per heavy atom. The van der Waals surface area contributed by atoms with Crippen LogP contribution < -0.4 is 0 Å². The molecule has 0 radical (unpaired) electrons. The number of benzene rings is 1. The number of hydrogen-bond acceptors (Lipinski definition) is 3. The largest absolute Gasteiger partial charge is 0.281 e. The average molecular weight is 393 g/mol. The molecule has 8 heteroatoms. The summed E-state index contributed by atoms with van der Waals surface area (Å²) in [4.78, 5) is 0. The summed E-state index contributed by atoms with van der Waals surface area (Å²) in [5.74, 6) is 0.100. The highest BCUT2D eigenvalue weighted by atomic mass is 79.9. The fourth-order valence-electron chi connectivity index (χ4n) is 1.88. The first-order chi connectivity index (χ1) is 9.86.